The molecular formula is C14H25N. The third kappa shape index (κ3) is 5.23. The molecule has 0 aromatic carbocycles. The van der Waals surface area contributed by atoms with Gasteiger partial charge in [-0.05, 0) is 39.3 Å². The average Bonchev–Trinajstić information content (AvgIpc) is 2.25. The van der Waals surface area contributed by atoms with Crippen molar-refractivity contribution in [1.29, 1.82) is 0 Å². The van der Waals surface area contributed by atoms with E-state index in [1.54, 1.807) is 0 Å². The number of hydrogen-bond acceptors (Lipinski definition) is 1. The minimum absolute atomic E-state index is 0.546. The van der Waals surface area contributed by atoms with Crippen LogP contribution in [0.4, 0.5) is 0 Å². The van der Waals surface area contributed by atoms with Crippen LogP contribution in [0.5, 0.6) is 0 Å². The fourth-order valence-corrected chi connectivity index (χ4v) is 2.09. The van der Waals surface area contributed by atoms with Crippen LogP contribution in [0.15, 0.2) is 0 Å². The molecule has 1 nitrogen and oxygen atoms in total. The summed E-state index contributed by atoms with van der Waals surface area (Å²) >= 11 is 0. The maximum absolute atomic E-state index is 3.42. The number of nitrogens with zero attached hydrogens (tertiary/aromatic N) is 1. The molecule has 0 aromatic heterocycles. The second-order valence-electron chi connectivity index (χ2n) is 4.62. The summed E-state index contributed by atoms with van der Waals surface area (Å²) in [4.78, 5) is 2.41. The summed E-state index contributed by atoms with van der Waals surface area (Å²) in [6.45, 7) is 3.48. The van der Waals surface area contributed by atoms with Crippen molar-refractivity contribution < 1.29 is 0 Å². The quantitative estimate of drug-likeness (QED) is 0.504. The standard InChI is InChI=1S/C14H25N/c1-3-4-5-6-7-8-11-14-12-9-10-13-15(14)2/h14H,3-7,9-10,12-13H2,1-2H3/t14-/m0/s1. The Kier molecular flexibility index (Phi) is 6.52. The van der Waals surface area contributed by atoms with E-state index in [2.05, 4.69) is 30.7 Å². The summed E-state index contributed by atoms with van der Waals surface area (Å²) in [6.07, 6.45) is 10.4. The Morgan fingerprint density at radius 3 is 2.80 bits per heavy atom. The molecule has 1 fully saturated rings. The van der Waals surface area contributed by atoms with Crippen LogP contribution in [-0.4, -0.2) is 24.5 Å². The minimum Gasteiger partial charge on any atom is -0.293 e. The molecule has 1 aliphatic rings. The van der Waals surface area contributed by atoms with E-state index in [9.17, 15) is 0 Å². The van der Waals surface area contributed by atoms with Gasteiger partial charge in [0.15, 0.2) is 0 Å². The molecule has 1 aliphatic heterocycles. The van der Waals surface area contributed by atoms with Crippen LogP contribution in [0, 0.1) is 11.8 Å². The van der Waals surface area contributed by atoms with Crippen molar-refractivity contribution in [3.05, 3.63) is 0 Å². The molecule has 0 aromatic rings. The Morgan fingerprint density at radius 2 is 2.07 bits per heavy atom. The number of piperidine rings is 1. The zero-order chi connectivity index (χ0) is 10.9. The maximum atomic E-state index is 3.42. The molecule has 1 atom stereocenters. The number of likely N-dealkylation sites (tertiary alicyclic amines) is 1. The van der Waals surface area contributed by atoms with Gasteiger partial charge in [-0.2, -0.15) is 0 Å². The topological polar surface area (TPSA) is 3.24 Å². The van der Waals surface area contributed by atoms with Gasteiger partial charge in [-0.3, -0.25) is 4.90 Å². The van der Waals surface area contributed by atoms with Crippen molar-refractivity contribution in [2.45, 2.75) is 64.3 Å². The molecule has 0 spiro atoms. The molecule has 0 bridgehead atoms. The Bertz CT molecular complexity index is 211. The molecule has 1 heterocycles. The highest BCUT2D eigenvalue weighted by Crippen LogP contribution is 2.13. The van der Waals surface area contributed by atoms with Gasteiger partial charge in [0.25, 0.3) is 0 Å². The predicted octanol–water partition coefficient (Wildman–Crippen LogP) is 3.44. The SMILES string of the molecule is CCCCCCC#C[C@H]1CCCCN1C. The van der Waals surface area contributed by atoms with Crippen LogP contribution in [0.3, 0.4) is 0 Å². The van der Waals surface area contributed by atoms with Gasteiger partial charge in [-0.1, -0.05) is 32.1 Å². The number of rotatable bonds is 4. The molecule has 0 saturated carbocycles. The first kappa shape index (κ1) is 12.6. The zero-order valence-electron chi connectivity index (χ0n) is 10.4. The van der Waals surface area contributed by atoms with E-state index in [0.29, 0.717) is 6.04 Å². The van der Waals surface area contributed by atoms with Crippen LogP contribution in [0.25, 0.3) is 0 Å². The molecule has 15 heavy (non-hydrogen) atoms. The molecule has 0 amide bonds. The highest BCUT2D eigenvalue weighted by atomic mass is 15.1. The fourth-order valence-electron chi connectivity index (χ4n) is 2.09. The van der Waals surface area contributed by atoms with Crippen LogP contribution < -0.4 is 0 Å². The van der Waals surface area contributed by atoms with Gasteiger partial charge in [0, 0.05) is 6.42 Å². The normalized spacial score (nSPS) is 22.1. The van der Waals surface area contributed by atoms with Gasteiger partial charge in [0.05, 0.1) is 6.04 Å². The average molecular weight is 207 g/mol. The Labute approximate surface area is 95.2 Å². The van der Waals surface area contributed by atoms with Crippen LogP contribution in [0.2, 0.25) is 0 Å². The van der Waals surface area contributed by atoms with Gasteiger partial charge >= 0.3 is 0 Å². The molecule has 0 unspecified atom stereocenters. The molecule has 0 N–H and O–H groups in total. The lowest BCUT2D eigenvalue weighted by Gasteiger charge is -2.28. The fraction of sp³-hybridized carbons (Fsp3) is 0.857. The van der Waals surface area contributed by atoms with Crippen molar-refractivity contribution in [2.24, 2.45) is 0 Å². The Hall–Kier alpha value is -0.480. The van der Waals surface area contributed by atoms with Gasteiger partial charge in [-0.25, -0.2) is 0 Å². The molecular weight excluding hydrogens is 182 g/mol. The smallest absolute Gasteiger partial charge is 0.0712 e. The van der Waals surface area contributed by atoms with Gasteiger partial charge in [0.1, 0.15) is 0 Å². The van der Waals surface area contributed by atoms with Crippen molar-refractivity contribution in [3.8, 4) is 11.8 Å². The molecule has 0 aliphatic carbocycles. The molecule has 1 heteroatoms. The van der Waals surface area contributed by atoms with E-state index >= 15 is 0 Å². The van der Waals surface area contributed by atoms with E-state index in [0.717, 1.165) is 6.42 Å². The Balaban J connectivity index is 2.13. The lowest BCUT2D eigenvalue weighted by Crippen LogP contribution is -2.34. The second kappa shape index (κ2) is 7.77. The summed E-state index contributed by atoms with van der Waals surface area (Å²) in [5.41, 5.74) is 0. The zero-order valence-corrected chi connectivity index (χ0v) is 10.4. The van der Waals surface area contributed by atoms with Crippen molar-refractivity contribution in [2.75, 3.05) is 13.6 Å². The summed E-state index contributed by atoms with van der Waals surface area (Å²) in [7, 11) is 2.20. The summed E-state index contributed by atoms with van der Waals surface area (Å²) in [5, 5.41) is 0. The van der Waals surface area contributed by atoms with E-state index in [1.165, 1.54) is 51.5 Å². The van der Waals surface area contributed by atoms with Gasteiger partial charge in [-0.15, -0.1) is 5.92 Å². The summed E-state index contributed by atoms with van der Waals surface area (Å²) in [5.74, 6) is 6.78. The highest BCUT2D eigenvalue weighted by molar-refractivity contribution is 5.08. The van der Waals surface area contributed by atoms with Crippen molar-refractivity contribution >= 4 is 0 Å². The number of hydrogen-bond donors (Lipinski definition) is 0. The Morgan fingerprint density at radius 1 is 1.20 bits per heavy atom. The summed E-state index contributed by atoms with van der Waals surface area (Å²) in [6, 6.07) is 0.546. The van der Waals surface area contributed by atoms with E-state index < -0.39 is 0 Å². The van der Waals surface area contributed by atoms with Gasteiger partial charge < -0.3 is 0 Å². The molecule has 1 rings (SSSR count). The maximum Gasteiger partial charge on any atom is 0.0712 e. The lowest BCUT2D eigenvalue weighted by atomic mass is 10.0. The van der Waals surface area contributed by atoms with E-state index in [-0.39, 0.29) is 0 Å². The first-order valence-electron chi connectivity index (χ1n) is 6.53. The number of unbranched alkanes of at least 4 members (excludes halogenated alkanes) is 4. The third-order valence-electron chi connectivity index (χ3n) is 3.19. The molecule has 1 saturated heterocycles. The largest absolute Gasteiger partial charge is 0.293 e. The first-order valence-corrected chi connectivity index (χ1v) is 6.53. The van der Waals surface area contributed by atoms with Crippen molar-refractivity contribution in [1.82, 2.24) is 4.90 Å². The monoisotopic (exact) mass is 207 g/mol. The van der Waals surface area contributed by atoms with E-state index in [4.69, 9.17) is 0 Å². The minimum atomic E-state index is 0.546. The lowest BCUT2D eigenvalue weighted by molar-refractivity contribution is 0.229. The third-order valence-corrected chi connectivity index (χ3v) is 3.19. The van der Waals surface area contributed by atoms with Gasteiger partial charge in [0.2, 0.25) is 0 Å². The van der Waals surface area contributed by atoms with Crippen molar-refractivity contribution in [3.63, 3.8) is 0 Å². The predicted molar refractivity (Wildman–Crippen MR) is 66.8 cm³/mol. The van der Waals surface area contributed by atoms with Crippen LogP contribution in [-0.2, 0) is 0 Å². The van der Waals surface area contributed by atoms with E-state index in [1.807, 2.05) is 0 Å². The second-order valence-corrected chi connectivity index (χ2v) is 4.62. The van der Waals surface area contributed by atoms with Crippen LogP contribution in [0.1, 0.15) is 58.3 Å². The first-order chi connectivity index (χ1) is 7.34. The van der Waals surface area contributed by atoms with Crippen LogP contribution >= 0.6 is 0 Å². The highest BCUT2D eigenvalue weighted by Gasteiger charge is 2.15. The molecule has 86 valence electrons. The molecule has 0 radical (unpaired) electrons. The summed E-state index contributed by atoms with van der Waals surface area (Å²) < 4.78 is 0.